The number of nitrogens with one attached hydrogen (secondary N) is 3. The van der Waals surface area contributed by atoms with Crippen LogP contribution in [-0.2, 0) is 4.79 Å². The predicted octanol–water partition coefficient (Wildman–Crippen LogP) is 4.74. The van der Waals surface area contributed by atoms with Gasteiger partial charge in [-0.1, -0.05) is 29.3 Å². The van der Waals surface area contributed by atoms with E-state index < -0.39 is 35.4 Å². The molecule has 3 rings (SSSR count). The van der Waals surface area contributed by atoms with E-state index in [2.05, 4.69) is 16.0 Å². The number of likely N-dealkylation sites (N-methyl/N-ethyl adjacent to an activating group) is 1. The molecule has 0 aromatic heterocycles. The molecule has 0 bridgehead atoms. The molecule has 3 aromatic carbocycles. The Labute approximate surface area is 197 Å². The number of amides is 3. The number of rotatable bonds is 6. The van der Waals surface area contributed by atoms with Crippen LogP contribution in [0.1, 0.15) is 32.3 Å². The number of carbonyl (C=O) groups is 3. The van der Waals surface area contributed by atoms with Crippen LogP contribution in [0.4, 0.5) is 14.5 Å². The highest BCUT2D eigenvalue weighted by Gasteiger charge is 2.23. The van der Waals surface area contributed by atoms with Gasteiger partial charge in [-0.3, -0.25) is 14.4 Å². The summed E-state index contributed by atoms with van der Waals surface area (Å²) in [5, 5.41) is 8.14. The van der Waals surface area contributed by atoms with Gasteiger partial charge in [0.15, 0.2) is 11.6 Å². The van der Waals surface area contributed by atoms with Crippen LogP contribution in [0.15, 0.2) is 60.7 Å². The topological polar surface area (TPSA) is 87.3 Å². The van der Waals surface area contributed by atoms with E-state index in [9.17, 15) is 23.2 Å². The average molecular weight is 492 g/mol. The second kappa shape index (κ2) is 10.4. The molecule has 0 heterocycles. The number of benzene rings is 3. The third-order valence-corrected chi connectivity index (χ3v) is 5.03. The van der Waals surface area contributed by atoms with Crippen LogP contribution in [0.2, 0.25) is 10.0 Å². The van der Waals surface area contributed by atoms with Crippen molar-refractivity contribution in [3.8, 4) is 0 Å². The fourth-order valence-corrected chi connectivity index (χ4v) is 3.47. The fourth-order valence-electron chi connectivity index (χ4n) is 2.94. The van der Waals surface area contributed by atoms with Gasteiger partial charge in [0.05, 0.1) is 0 Å². The lowest BCUT2D eigenvalue weighted by Gasteiger charge is -2.18. The molecule has 170 valence electrons. The van der Waals surface area contributed by atoms with Gasteiger partial charge < -0.3 is 16.0 Å². The van der Waals surface area contributed by atoms with Gasteiger partial charge >= 0.3 is 0 Å². The largest absolute Gasteiger partial charge is 0.357 e. The number of halogens is 4. The van der Waals surface area contributed by atoms with Crippen LogP contribution in [-0.4, -0.2) is 24.8 Å². The molecule has 0 aliphatic heterocycles. The van der Waals surface area contributed by atoms with Gasteiger partial charge in [-0.15, -0.1) is 0 Å². The summed E-state index contributed by atoms with van der Waals surface area (Å²) in [6.45, 7) is 0. The Hall–Kier alpha value is -3.49. The van der Waals surface area contributed by atoms with E-state index in [-0.39, 0.29) is 16.7 Å². The average Bonchev–Trinajstić information content (AvgIpc) is 2.78. The first kappa shape index (κ1) is 24.2. The summed E-state index contributed by atoms with van der Waals surface area (Å²) in [7, 11) is 1.35. The van der Waals surface area contributed by atoms with Crippen LogP contribution in [0.3, 0.4) is 0 Å². The zero-order valence-corrected chi connectivity index (χ0v) is 18.6. The van der Waals surface area contributed by atoms with Gasteiger partial charge in [0.2, 0.25) is 5.91 Å². The zero-order chi connectivity index (χ0) is 24.1. The normalized spacial score (nSPS) is 11.4. The second-order valence-electron chi connectivity index (χ2n) is 6.88. The number of carbonyl (C=O) groups excluding carboxylic acids is 3. The van der Waals surface area contributed by atoms with Gasteiger partial charge in [-0.2, -0.15) is 0 Å². The Morgan fingerprint density at radius 2 is 1.42 bits per heavy atom. The van der Waals surface area contributed by atoms with Crippen molar-refractivity contribution in [2.45, 2.75) is 6.04 Å². The number of anilines is 1. The van der Waals surface area contributed by atoms with Gasteiger partial charge in [-0.05, 0) is 60.2 Å². The highest BCUT2D eigenvalue weighted by atomic mass is 35.5. The molecule has 33 heavy (non-hydrogen) atoms. The van der Waals surface area contributed by atoms with Crippen molar-refractivity contribution < 1.29 is 23.2 Å². The molecular formula is C23H17Cl2F2N3O3. The van der Waals surface area contributed by atoms with Crippen molar-refractivity contribution in [2.75, 3.05) is 12.4 Å². The first-order valence-electron chi connectivity index (χ1n) is 9.53. The monoisotopic (exact) mass is 491 g/mol. The third kappa shape index (κ3) is 6.06. The molecular weight excluding hydrogens is 475 g/mol. The molecule has 0 spiro atoms. The summed E-state index contributed by atoms with van der Waals surface area (Å²) in [5.41, 5.74) is 0.909. The van der Waals surface area contributed by atoms with E-state index in [1.807, 2.05) is 0 Å². The van der Waals surface area contributed by atoms with Gasteiger partial charge in [0.1, 0.15) is 6.04 Å². The van der Waals surface area contributed by atoms with E-state index in [0.29, 0.717) is 15.7 Å². The number of hydrogen-bond acceptors (Lipinski definition) is 3. The summed E-state index contributed by atoms with van der Waals surface area (Å²) in [5.74, 6) is -3.91. The van der Waals surface area contributed by atoms with Crippen molar-refractivity contribution in [2.24, 2.45) is 0 Å². The molecule has 3 amide bonds. The zero-order valence-electron chi connectivity index (χ0n) is 17.1. The lowest BCUT2D eigenvalue weighted by Crippen LogP contribution is -2.39. The molecule has 1 unspecified atom stereocenters. The Kier molecular flexibility index (Phi) is 7.63. The lowest BCUT2D eigenvalue weighted by atomic mass is 10.0. The highest BCUT2D eigenvalue weighted by molar-refractivity contribution is 6.35. The van der Waals surface area contributed by atoms with E-state index in [1.54, 1.807) is 0 Å². The molecule has 3 N–H and O–H groups in total. The SMILES string of the molecule is CNC(=O)C(NC(=O)c1ccc(NC(=O)c2cc(Cl)cc(Cl)c2)cc1)c1ccc(F)c(F)c1. The minimum Gasteiger partial charge on any atom is -0.357 e. The smallest absolute Gasteiger partial charge is 0.255 e. The number of hydrogen-bond donors (Lipinski definition) is 3. The van der Waals surface area contributed by atoms with Crippen LogP contribution < -0.4 is 16.0 Å². The van der Waals surface area contributed by atoms with Gasteiger partial charge in [0.25, 0.3) is 11.8 Å². The van der Waals surface area contributed by atoms with Crippen LogP contribution in [0.25, 0.3) is 0 Å². The van der Waals surface area contributed by atoms with E-state index in [4.69, 9.17) is 23.2 Å². The summed E-state index contributed by atoms with van der Waals surface area (Å²) in [4.78, 5) is 37.3. The maximum absolute atomic E-state index is 13.6. The summed E-state index contributed by atoms with van der Waals surface area (Å²) >= 11 is 11.8. The van der Waals surface area contributed by atoms with E-state index in [1.165, 1.54) is 55.6 Å². The van der Waals surface area contributed by atoms with Crippen molar-refractivity contribution in [3.63, 3.8) is 0 Å². The minimum absolute atomic E-state index is 0.0747. The second-order valence-corrected chi connectivity index (χ2v) is 7.76. The molecule has 0 saturated heterocycles. The van der Waals surface area contributed by atoms with Crippen LogP contribution >= 0.6 is 23.2 Å². The molecule has 0 aliphatic carbocycles. The molecule has 0 fully saturated rings. The Morgan fingerprint density at radius 1 is 0.788 bits per heavy atom. The molecule has 6 nitrogen and oxygen atoms in total. The lowest BCUT2D eigenvalue weighted by molar-refractivity contribution is -0.122. The Morgan fingerprint density at radius 3 is 2.00 bits per heavy atom. The van der Waals surface area contributed by atoms with Crippen molar-refractivity contribution >= 4 is 46.6 Å². The Bertz CT molecular complexity index is 1200. The van der Waals surface area contributed by atoms with Crippen LogP contribution in [0, 0.1) is 11.6 Å². The third-order valence-electron chi connectivity index (χ3n) is 4.59. The van der Waals surface area contributed by atoms with Gasteiger partial charge in [-0.25, -0.2) is 8.78 Å². The predicted molar refractivity (Wildman–Crippen MR) is 121 cm³/mol. The van der Waals surface area contributed by atoms with Gasteiger partial charge in [0, 0.05) is 33.9 Å². The maximum atomic E-state index is 13.6. The summed E-state index contributed by atoms with van der Waals surface area (Å²) in [6.07, 6.45) is 0. The van der Waals surface area contributed by atoms with E-state index >= 15 is 0 Å². The van der Waals surface area contributed by atoms with Crippen molar-refractivity contribution in [1.82, 2.24) is 10.6 Å². The molecule has 1 atom stereocenters. The molecule has 10 heteroatoms. The Balaban J connectivity index is 1.73. The quantitative estimate of drug-likeness (QED) is 0.465. The summed E-state index contributed by atoms with van der Waals surface area (Å²) < 4.78 is 26.9. The fraction of sp³-hybridized carbons (Fsp3) is 0.0870. The molecule has 0 radical (unpaired) electrons. The summed E-state index contributed by atoms with van der Waals surface area (Å²) in [6, 6.07) is 11.9. The van der Waals surface area contributed by atoms with Crippen molar-refractivity contribution in [3.05, 3.63) is 99.0 Å². The first-order valence-corrected chi connectivity index (χ1v) is 10.3. The maximum Gasteiger partial charge on any atom is 0.255 e. The van der Waals surface area contributed by atoms with E-state index in [0.717, 1.165) is 12.1 Å². The van der Waals surface area contributed by atoms with Crippen LogP contribution in [0.5, 0.6) is 0 Å². The standard InChI is InChI=1S/C23H17Cl2F2N3O3/c1-28-23(33)20(13-4-7-18(26)19(27)10-13)30-21(31)12-2-5-17(6-3-12)29-22(32)14-8-15(24)11-16(25)9-14/h2-11,20H,1H3,(H,28,33)(H,29,32)(H,30,31). The van der Waals surface area contributed by atoms with Crippen molar-refractivity contribution in [1.29, 1.82) is 0 Å². The first-order chi connectivity index (χ1) is 15.7. The highest BCUT2D eigenvalue weighted by Crippen LogP contribution is 2.21. The minimum atomic E-state index is -1.25. The molecule has 3 aromatic rings. The molecule has 0 saturated carbocycles. The molecule has 0 aliphatic rings.